The van der Waals surface area contributed by atoms with E-state index in [0.717, 1.165) is 22.2 Å². The monoisotopic (exact) mass is 402 g/mol. The van der Waals surface area contributed by atoms with E-state index in [4.69, 9.17) is 4.74 Å². The number of tetrazole rings is 1. The third kappa shape index (κ3) is 3.04. The van der Waals surface area contributed by atoms with Gasteiger partial charge in [0.1, 0.15) is 6.61 Å². The van der Waals surface area contributed by atoms with Gasteiger partial charge in [-0.15, -0.1) is 5.10 Å². The first-order valence-corrected chi connectivity index (χ1v) is 9.31. The van der Waals surface area contributed by atoms with Gasteiger partial charge in [0.05, 0.1) is 16.7 Å². The van der Waals surface area contributed by atoms with E-state index in [1.165, 1.54) is 9.36 Å². The van der Waals surface area contributed by atoms with Crippen LogP contribution in [0, 0.1) is 6.92 Å². The molecule has 30 heavy (non-hydrogen) atoms. The zero-order valence-electron chi connectivity index (χ0n) is 16.4. The SMILES string of the molecule is Cc1cccc(-n2nnn(C)c2=O)c1COc1ccn(-c2nc3ccccc3[nH]2)n1. The van der Waals surface area contributed by atoms with Gasteiger partial charge in [-0.2, -0.15) is 9.36 Å². The summed E-state index contributed by atoms with van der Waals surface area (Å²) in [4.78, 5) is 20.0. The second-order valence-electron chi connectivity index (χ2n) is 6.83. The minimum Gasteiger partial charge on any atom is -0.472 e. The number of fused-ring (bicyclic) bond motifs is 1. The van der Waals surface area contributed by atoms with Crippen molar-refractivity contribution in [2.45, 2.75) is 13.5 Å². The molecule has 150 valence electrons. The van der Waals surface area contributed by atoms with Crippen molar-refractivity contribution in [3.8, 4) is 17.5 Å². The van der Waals surface area contributed by atoms with Crippen LogP contribution in [0.1, 0.15) is 11.1 Å². The zero-order chi connectivity index (χ0) is 20.7. The number of nitrogens with zero attached hydrogens (tertiary/aromatic N) is 7. The molecule has 0 radical (unpaired) electrons. The predicted molar refractivity (Wildman–Crippen MR) is 109 cm³/mol. The van der Waals surface area contributed by atoms with Crippen molar-refractivity contribution in [3.63, 3.8) is 0 Å². The molecule has 0 aliphatic carbocycles. The summed E-state index contributed by atoms with van der Waals surface area (Å²) in [7, 11) is 1.56. The number of para-hydroxylation sites is 2. The van der Waals surface area contributed by atoms with Gasteiger partial charge in [0.15, 0.2) is 0 Å². The van der Waals surface area contributed by atoms with E-state index in [-0.39, 0.29) is 12.3 Å². The predicted octanol–water partition coefficient (Wildman–Crippen LogP) is 1.92. The molecule has 0 atom stereocenters. The number of hydrogen-bond acceptors (Lipinski definition) is 6. The largest absolute Gasteiger partial charge is 0.472 e. The van der Waals surface area contributed by atoms with E-state index in [9.17, 15) is 4.79 Å². The molecule has 0 bridgehead atoms. The smallest absolute Gasteiger partial charge is 0.368 e. The van der Waals surface area contributed by atoms with Gasteiger partial charge < -0.3 is 9.72 Å². The Bertz CT molecular complexity index is 1370. The number of rotatable bonds is 5. The van der Waals surface area contributed by atoms with Crippen LogP contribution in [0.2, 0.25) is 0 Å². The molecular weight excluding hydrogens is 384 g/mol. The van der Waals surface area contributed by atoms with Crippen molar-refractivity contribution in [1.82, 2.24) is 39.5 Å². The third-order valence-electron chi connectivity index (χ3n) is 4.86. The summed E-state index contributed by atoms with van der Waals surface area (Å²) in [5, 5.41) is 12.2. The fourth-order valence-corrected chi connectivity index (χ4v) is 3.23. The molecule has 0 saturated heterocycles. The van der Waals surface area contributed by atoms with Crippen LogP contribution in [0.5, 0.6) is 5.88 Å². The summed E-state index contributed by atoms with van der Waals surface area (Å²) in [5.41, 5.74) is 3.91. The minimum absolute atomic E-state index is 0.224. The van der Waals surface area contributed by atoms with E-state index < -0.39 is 0 Å². The maximum absolute atomic E-state index is 12.3. The van der Waals surface area contributed by atoms with Gasteiger partial charge in [-0.1, -0.05) is 24.3 Å². The number of hydrogen-bond donors (Lipinski definition) is 1. The number of aryl methyl sites for hydroxylation is 2. The fourth-order valence-electron chi connectivity index (χ4n) is 3.23. The molecule has 5 aromatic rings. The lowest BCUT2D eigenvalue weighted by atomic mass is 10.1. The molecule has 0 spiro atoms. The Morgan fingerprint density at radius 3 is 2.73 bits per heavy atom. The third-order valence-corrected chi connectivity index (χ3v) is 4.86. The molecule has 0 aliphatic heterocycles. The summed E-state index contributed by atoms with van der Waals surface area (Å²) in [6, 6.07) is 15.2. The van der Waals surface area contributed by atoms with Crippen LogP contribution in [-0.2, 0) is 13.7 Å². The molecule has 3 heterocycles. The minimum atomic E-state index is -0.323. The molecule has 10 heteroatoms. The zero-order valence-corrected chi connectivity index (χ0v) is 16.4. The van der Waals surface area contributed by atoms with E-state index in [1.54, 1.807) is 24.0 Å². The Morgan fingerprint density at radius 1 is 1.07 bits per heavy atom. The molecule has 0 saturated carbocycles. The van der Waals surface area contributed by atoms with Crippen molar-refractivity contribution in [2.75, 3.05) is 0 Å². The van der Waals surface area contributed by atoms with Crippen molar-refractivity contribution in [3.05, 3.63) is 76.3 Å². The van der Waals surface area contributed by atoms with Gasteiger partial charge in [-0.25, -0.2) is 14.5 Å². The second-order valence-corrected chi connectivity index (χ2v) is 6.83. The Hall–Kier alpha value is -4.21. The first kappa shape index (κ1) is 17.9. The number of aromatic nitrogens is 8. The Labute approximate surface area is 170 Å². The first-order valence-electron chi connectivity index (χ1n) is 9.31. The fraction of sp³-hybridized carbons (Fsp3) is 0.150. The van der Waals surface area contributed by atoms with Gasteiger partial charge in [-0.3, -0.25) is 0 Å². The highest BCUT2D eigenvalue weighted by atomic mass is 16.5. The van der Waals surface area contributed by atoms with Crippen molar-refractivity contribution in [2.24, 2.45) is 7.05 Å². The quantitative estimate of drug-likeness (QED) is 0.481. The molecule has 10 nitrogen and oxygen atoms in total. The number of aromatic amines is 1. The Morgan fingerprint density at radius 2 is 1.93 bits per heavy atom. The Balaban J connectivity index is 1.41. The highest BCUT2D eigenvalue weighted by Gasteiger charge is 2.14. The number of imidazole rings is 1. The Kier molecular flexibility index (Phi) is 4.16. The number of nitrogens with one attached hydrogen (secondary N) is 1. The lowest BCUT2D eigenvalue weighted by Gasteiger charge is -2.11. The van der Waals surface area contributed by atoms with Gasteiger partial charge in [0.25, 0.3) is 0 Å². The molecule has 0 amide bonds. The van der Waals surface area contributed by atoms with E-state index >= 15 is 0 Å². The van der Waals surface area contributed by atoms with Crippen LogP contribution in [0.15, 0.2) is 59.5 Å². The summed E-state index contributed by atoms with van der Waals surface area (Å²) < 4.78 is 9.99. The highest BCUT2D eigenvalue weighted by molar-refractivity contribution is 5.75. The summed E-state index contributed by atoms with van der Waals surface area (Å²) >= 11 is 0. The summed E-state index contributed by atoms with van der Waals surface area (Å²) in [6.45, 7) is 2.18. The van der Waals surface area contributed by atoms with Gasteiger partial charge in [0, 0.05) is 24.9 Å². The van der Waals surface area contributed by atoms with Crippen molar-refractivity contribution >= 4 is 11.0 Å². The first-order chi connectivity index (χ1) is 14.6. The van der Waals surface area contributed by atoms with Crippen LogP contribution < -0.4 is 10.4 Å². The van der Waals surface area contributed by atoms with E-state index in [0.29, 0.717) is 17.5 Å². The molecule has 1 N–H and O–H groups in total. The molecular formula is C20H18N8O2. The lowest BCUT2D eigenvalue weighted by Crippen LogP contribution is -2.23. The standard InChI is InChI=1S/C20H18N8O2/c1-13-6-5-9-17(28-20(29)26(2)24-25-28)14(13)12-30-18-10-11-27(23-18)19-21-15-7-3-4-8-16(15)22-19/h3-11H,12H2,1-2H3,(H,21,22). The average molecular weight is 402 g/mol. The molecule has 5 rings (SSSR count). The number of ether oxygens (including phenoxy) is 1. The second kappa shape index (κ2) is 6.99. The molecule has 3 aromatic heterocycles. The maximum atomic E-state index is 12.3. The van der Waals surface area contributed by atoms with Crippen LogP contribution in [-0.4, -0.2) is 39.5 Å². The molecule has 0 unspecified atom stereocenters. The van der Waals surface area contributed by atoms with Crippen LogP contribution in [0.3, 0.4) is 0 Å². The van der Waals surface area contributed by atoms with Gasteiger partial charge in [-0.05, 0) is 41.1 Å². The van der Waals surface area contributed by atoms with Gasteiger partial charge in [0.2, 0.25) is 11.8 Å². The topological polar surface area (TPSA) is 108 Å². The van der Waals surface area contributed by atoms with Gasteiger partial charge >= 0.3 is 5.69 Å². The molecule has 0 fully saturated rings. The number of H-pyrrole nitrogens is 1. The van der Waals surface area contributed by atoms with Crippen molar-refractivity contribution in [1.29, 1.82) is 0 Å². The normalized spacial score (nSPS) is 11.3. The average Bonchev–Trinajstić information content (AvgIpc) is 3.46. The van der Waals surface area contributed by atoms with E-state index in [2.05, 4.69) is 25.5 Å². The number of benzene rings is 2. The summed E-state index contributed by atoms with van der Waals surface area (Å²) in [6.07, 6.45) is 1.78. The lowest BCUT2D eigenvalue weighted by molar-refractivity contribution is 0.290. The maximum Gasteiger partial charge on any atom is 0.368 e. The van der Waals surface area contributed by atoms with E-state index in [1.807, 2.05) is 49.4 Å². The molecule has 2 aromatic carbocycles. The van der Waals surface area contributed by atoms with Crippen LogP contribution in [0.25, 0.3) is 22.7 Å². The molecule has 0 aliphatic rings. The highest BCUT2D eigenvalue weighted by Crippen LogP contribution is 2.20. The van der Waals surface area contributed by atoms with Crippen molar-refractivity contribution < 1.29 is 4.74 Å². The van der Waals surface area contributed by atoms with Crippen LogP contribution in [0.4, 0.5) is 0 Å². The summed E-state index contributed by atoms with van der Waals surface area (Å²) in [5.74, 6) is 1.05. The van der Waals surface area contributed by atoms with Crippen LogP contribution >= 0.6 is 0 Å².